The van der Waals surface area contributed by atoms with Gasteiger partial charge in [0.1, 0.15) is 11.2 Å². The second-order valence-corrected chi connectivity index (χ2v) is 4.62. The van der Waals surface area contributed by atoms with Gasteiger partial charge in [-0.2, -0.15) is 13.2 Å². The summed E-state index contributed by atoms with van der Waals surface area (Å²) in [4.78, 5) is 11.6. The largest absolute Gasteiger partial charge is 0.403 e. The van der Waals surface area contributed by atoms with Crippen molar-refractivity contribution < 1.29 is 22.4 Å². The first-order valence-corrected chi connectivity index (χ1v) is 5.65. The monoisotopic (exact) mass is 276 g/mol. The summed E-state index contributed by atoms with van der Waals surface area (Å²) in [5.41, 5.74) is 3.43. The van der Waals surface area contributed by atoms with E-state index in [-0.39, 0.29) is 25.1 Å². The van der Waals surface area contributed by atoms with Gasteiger partial charge in [0.15, 0.2) is 0 Å². The van der Waals surface area contributed by atoms with E-state index in [1.54, 1.807) is 0 Å². The van der Waals surface area contributed by atoms with Crippen LogP contribution in [0.4, 0.5) is 23.2 Å². The van der Waals surface area contributed by atoms with E-state index >= 15 is 0 Å². The van der Waals surface area contributed by atoms with E-state index in [1.807, 2.05) is 0 Å². The molecule has 104 valence electrons. The van der Waals surface area contributed by atoms with Crippen molar-refractivity contribution in [2.45, 2.75) is 25.6 Å². The van der Waals surface area contributed by atoms with Crippen molar-refractivity contribution in [2.75, 3.05) is 5.73 Å². The SMILES string of the molecule is Nc1cc(CNC(=O)C2(C(F)(F)F)CC2)ccc1F. The molecule has 1 aromatic rings. The van der Waals surface area contributed by atoms with E-state index in [0.29, 0.717) is 5.56 Å². The molecule has 0 spiro atoms. The number of benzene rings is 1. The molecular weight excluding hydrogens is 264 g/mol. The van der Waals surface area contributed by atoms with Crippen LogP contribution in [0, 0.1) is 11.2 Å². The first-order valence-electron chi connectivity index (χ1n) is 5.65. The second kappa shape index (κ2) is 4.40. The van der Waals surface area contributed by atoms with Gasteiger partial charge in [-0.15, -0.1) is 0 Å². The molecule has 0 atom stereocenters. The highest BCUT2D eigenvalue weighted by Gasteiger charge is 2.68. The summed E-state index contributed by atoms with van der Waals surface area (Å²) in [7, 11) is 0. The van der Waals surface area contributed by atoms with Gasteiger partial charge in [0.05, 0.1) is 5.69 Å². The number of carbonyl (C=O) groups excluding carboxylic acids is 1. The van der Waals surface area contributed by atoms with Crippen molar-refractivity contribution >= 4 is 11.6 Å². The van der Waals surface area contributed by atoms with E-state index in [0.717, 1.165) is 6.07 Å². The Morgan fingerprint density at radius 1 is 1.37 bits per heavy atom. The molecule has 0 bridgehead atoms. The van der Waals surface area contributed by atoms with Crippen LogP contribution >= 0.6 is 0 Å². The van der Waals surface area contributed by atoms with Crippen LogP contribution in [0.25, 0.3) is 0 Å². The summed E-state index contributed by atoms with van der Waals surface area (Å²) in [6, 6.07) is 3.75. The van der Waals surface area contributed by atoms with Gasteiger partial charge in [-0.1, -0.05) is 6.07 Å². The topological polar surface area (TPSA) is 55.1 Å². The molecule has 0 radical (unpaired) electrons. The number of carbonyl (C=O) groups is 1. The Labute approximate surface area is 106 Å². The molecule has 0 heterocycles. The van der Waals surface area contributed by atoms with Crippen LogP contribution in [0.2, 0.25) is 0 Å². The number of nitrogens with one attached hydrogen (secondary N) is 1. The highest BCUT2D eigenvalue weighted by Crippen LogP contribution is 2.57. The number of alkyl halides is 3. The highest BCUT2D eigenvalue weighted by molar-refractivity contribution is 5.86. The predicted molar refractivity (Wildman–Crippen MR) is 60.4 cm³/mol. The Bertz CT molecular complexity index is 509. The zero-order valence-electron chi connectivity index (χ0n) is 9.85. The number of halogens is 4. The van der Waals surface area contributed by atoms with Gasteiger partial charge in [0.2, 0.25) is 5.91 Å². The summed E-state index contributed by atoms with van der Waals surface area (Å²) < 4.78 is 50.9. The van der Waals surface area contributed by atoms with Gasteiger partial charge in [0.25, 0.3) is 0 Å². The normalized spacial score (nSPS) is 17.1. The second-order valence-electron chi connectivity index (χ2n) is 4.62. The highest BCUT2D eigenvalue weighted by atomic mass is 19.4. The average Bonchev–Trinajstić information content (AvgIpc) is 3.10. The van der Waals surface area contributed by atoms with E-state index in [1.165, 1.54) is 12.1 Å². The summed E-state index contributed by atoms with van der Waals surface area (Å²) in [6.45, 7) is -0.110. The number of hydrogen-bond donors (Lipinski definition) is 2. The Balaban J connectivity index is 2.00. The molecule has 0 aliphatic heterocycles. The van der Waals surface area contributed by atoms with E-state index in [2.05, 4.69) is 5.32 Å². The van der Waals surface area contributed by atoms with Crippen molar-refractivity contribution in [3.05, 3.63) is 29.6 Å². The number of amides is 1. The van der Waals surface area contributed by atoms with Crippen molar-refractivity contribution in [3.63, 3.8) is 0 Å². The van der Waals surface area contributed by atoms with Crippen LogP contribution in [-0.4, -0.2) is 12.1 Å². The van der Waals surface area contributed by atoms with Gasteiger partial charge in [-0.25, -0.2) is 4.39 Å². The molecule has 1 aliphatic rings. The Morgan fingerprint density at radius 2 is 2.00 bits per heavy atom. The third-order valence-corrected chi connectivity index (χ3v) is 3.24. The first-order chi connectivity index (χ1) is 8.76. The Morgan fingerprint density at radius 3 is 2.47 bits per heavy atom. The fourth-order valence-electron chi connectivity index (χ4n) is 1.82. The number of anilines is 1. The molecular formula is C12H12F4N2O. The quantitative estimate of drug-likeness (QED) is 0.657. The van der Waals surface area contributed by atoms with Crippen molar-refractivity contribution in [1.82, 2.24) is 5.32 Å². The molecule has 1 aliphatic carbocycles. The maximum atomic E-state index is 12.9. The number of nitrogen functional groups attached to an aromatic ring is 1. The van der Waals surface area contributed by atoms with Crippen molar-refractivity contribution in [3.8, 4) is 0 Å². The summed E-state index contributed by atoms with van der Waals surface area (Å²) in [6.07, 6.45) is -4.90. The minimum atomic E-state index is -4.53. The van der Waals surface area contributed by atoms with Gasteiger partial charge >= 0.3 is 6.18 Å². The smallest absolute Gasteiger partial charge is 0.396 e. The minimum absolute atomic E-state index is 0.108. The molecule has 7 heteroatoms. The minimum Gasteiger partial charge on any atom is -0.396 e. The molecule has 0 saturated heterocycles. The van der Waals surface area contributed by atoms with Crippen LogP contribution in [-0.2, 0) is 11.3 Å². The van der Waals surface area contributed by atoms with E-state index in [4.69, 9.17) is 5.73 Å². The van der Waals surface area contributed by atoms with Gasteiger partial charge in [0, 0.05) is 6.54 Å². The van der Waals surface area contributed by atoms with E-state index < -0.39 is 23.3 Å². The van der Waals surface area contributed by atoms with Crippen LogP contribution in [0.3, 0.4) is 0 Å². The molecule has 19 heavy (non-hydrogen) atoms. The molecule has 1 amide bonds. The summed E-state index contributed by atoms with van der Waals surface area (Å²) in [5.74, 6) is -1.65. The number of nitrogens with two attached hydrogens (primary N) is 1. The van der Waals surface area contributed by atoms with Crippen LogP contribution < -0.4 is 11.1 Å². The lowest BCUT2D eigenvalue weighted by Crippen LogP contribution is -2.40. The fourth-order valence-corrected chi connectivity index (χ4v) is 1.82. The number of hydrogen-bond acceptors (Lipinski definition) is 2. The third kappa shape index (κ3) is 2.50. The maximum Gasteiger partial charge on any atom is 0.403 e. The van der Waals surface area contributed by atoms with Crippen LogP contribution in [0.1, 0.15) is 18.4 Å². The summed E-state index contributed by atoms with van der Waals surface area (Å²) >= 11 is 0. The van der Waals surface area contributed by atoms with E-state index in [9.17, 15) is 22.4 Å². The molecule has 0 aromatic heterocycles. The lowest BCUT2D eigenvalue weighted by atomic mass is 10.1. The van der Waals surface area contributed by atoms with Gasteiger partial charge in [-0.3, -0.25) is 4.79 Å². The van der Waals surface area contributed by atoms with Crippen molar-refractivity contribution in [2.24, 2.45) is 5.41 Å². The lowest BCUT2D eigenvalue weighted by Gasteiger charge is -2.18. The fraction of sp³-hybridized carbons (Fsp3) is 0.417. The van der Waals surface area contributed by atoms with Crippen LogP contribution in [0.5, 0.6) is 0 Å². The standard InChI is InChI=1S/C12H12F4N2O/c13-8-2-1-7(5-9(8)17)6-18-10(19)11(3-4-11)12(14,15)16/h1-2,5H,3-4,6,17H2,(H,18,19). The molecule has 1 saturated carbocycles. The Kier molecular flexibility index (Phi) is 3.15. The third-order valence-electron chi connectivity index (χ3n) is 3.24. The Hall–Kier alpha value is -1.79. The predicted octanol–water partition coefficient (Wildman–Crippen LogP) is 2.37. The lowest BCUT2D eigenvalue weighted by molar-refractivity contribution is -0.192. The molecule has 3 N–H and O–H groups in total. The summed E-state index contributed by atoms with van der Waals surface area (Å²) in [5, 5.41) is 2.22. The molecule has 3 nitrogen and oxygen atoms in total. The zero-order chi connectivity index (χ0) is 14.3. The maximum absolute atomic E-state index is 12.9. The van der Waals surface area contributed by atoms with Crippen molar-refractivity contribution in [1.29, 1.82) is 0 Å². The van der Waals surface area contributed by atoms with Crippen LogP contribution in [0.15, 0.2) is 18.2 Å². The molecule has 0 unspecified atom stereocenters. The van der Waals surface area contributed by atoms with Gasteiger partial charge < -0.3 is 11.1 Å². The zero-order valence-corrected chi connectivity index (χ0v) is 9.85. The number of rotatable bonds is 3. The average molecular weight is 276 g/mol. The molecule has 1 aromatic carbocycles. The first kappa shape index (κ1) is 13.6. The molecule has 1 fully saturated rings. The molecule has 2 rings (SSSR count). The van der Waals surface area contributed by atoms with Gasteiger partial charge in [-0.05, 0) is 30.5 Å².